The van der Waals surface area contributed by atoms with Crippen molar-refractivity contribution in [3.05, 3.63) is 29.8 Å². The number of esters is 1. The van der Waals surface area contributed by atoms with Crippen molar-refractivity contribution in [2.24, 2.45) is 5.41 Å². The molecule has 0 heterocycles. The zero-order valence-electron chi connectivity index (χ0n) is 11.9. The Morgan fingerprint density at radius 1 is 1.15 bits per heavy atom. The molecule has 0 radical (unpaired) electrons. The number of amides is 1. The molecule has 0 aromatic heterocycles. The first-order chi connectivity index (χ1) is 9.15. The minimum atomic E-state index is -1.57. The van der Waals surface area contributed by atoms with Crippen LogP contribution in [0.25, 0.3) is 0 Å². The molecule has 0 aliphatic carbocycles. The fourth-order valence-corrected chi connectivity index (χ4v) is 2.19. The van der Waals surface area contributed by atoms with Gasteiger partial charge in [0, 0.05) is 5.41 Å². The summed E-state index contributed by atoms with van der Waals surface area (Å²) in [6, 6.07) is 5.77. The van der Waals surface area contributed by atoms with E-state index in [9.17, 15) is 14.7 Å². The number of carbonyl (C=O) groups is 2. The molecule has 0 aliphatic rings. The van der Waals surface area contributed by atoms with Crippen LogP contribution in [-0.4, -0.2) is 29.4 Å². The second-order valence-electron chi connectivity index (χ2n) is 5.47. The van der Waals surface area contributed by atoms with Crippen molar-refractivity contribution in [3.63, 3.8) is 0 Å². The second-order valence-corrected chi connectivity index (χ2v) is 5.47. The highest BCUT2D eigenvalue weighted by Crippen LogP contribution is 2.41. The number of hydrogen-bond acceptors (Lipinski definition) is 4. The lowest BCUT2D eigenvalue weighted by molar-refractivity contribution is -0.154. The van der Waals surface area contributed by atoms with Crippen LogP contribution in [0.1, 0.15) is 26.3 Å². The summed E-state index contributed by atoms with van der Waals surface area (Å²) >= 11 is 0. The van der Waals surface area contributed by atoms with E-state index in [0.29, 0.717) is 5.56 Å². The molecule has 6 nitrogen and oxygen atoms in total. The molecule has 6 heteroatoms. The van der Waals surface area contributed by atoms with Gasteiger partial charge in [-0.3, -0.25) is 0 Å². The van der Waals surface area contributed by atoms with Crippen LogP contribution in [-0.2, 0) is 15.1 Å². The third-order valence-electron chi connectivity index (χ3n) is 3.21. The van der Waals surface area contributed by atoms with E-state index in [1.807, 2.05) is 0 Å². The third-order valence-corrected chi connectivity index (χ3v) is 3.21. The van der Waals surface area contributed by atoms with Crippen molar-refractivity contribution in [2.75, 3.05) is 7.11 Å². The molecule has 0 saturated carbocycles. The topological polar surface area (TPSA) is 95.9 Å². The van der Waals surface area contributed by atoms with E-state index in [1.54, 1.807) is 20.8 Å². The summed E-state index contributed by atoms with van der Waals surface area (Å²) < 4.78 is 4.80. The maximum absolute atomic E-state index is 12.3. The lowest BCUT2D eigenvalue weighted by Crippen LogP contribution is -2.59. The van der Waals surface area contributed by atoms with Gasteiger partial charge in [-0.2, -0.15) is 0 Å². The first kappa shape index (κ1) is 15.8. The average Bonchev–Trinajstić information content (AvgIpc) is 2.34. The number of carbonyl (C=O) groups excluding carboxylic acids is 1. The molecule has 1 atom stereocenters. The minimum absolute atomic E-state index is 0.0248. The van der Waals surface area contributed by atoms with Crippen molar-refractivity contribution in [1.29, 1.82) is 0 Å². The monoisotopic (exact) mass is 281 g/mol. The van der Waals surface area contributed by atoms with E-state index in [4.69, 9.17) is 9.84 Å². The van der Waals surface area contributed by atoms with E-state index >= 15 is 0 Å². The molecule has 3 N–H and O–H groups in total. The average molecular weight is 281 g/mol. The van der Waals surface area contributed by atoms with Crippen molar-refractivity contribution in [2.45, 2.75) is 26.3 Å². The number of benzene rings is 1. The second kappa shape index (κ2) is 5.40. The van der Waals surface area contributed by atoms with Gasteiger partial charge in [0.1, 0.15) is 5.75 Å². The third kappa shape index (κ3) is 2.68. The molecule has 1 unspecified atom stereocenters. The Labute approximate surface area is 117 Å². The summed E-state index contributed by atoms with van der Waals surface area (Å²) in [5.74, 6) is -0.685. The molecule has 1 aromatic carbocycles. The predicted octanol–water partition coefficient (Wildman–Crippen LogP) is 2.07. The number of phenols is 1. The Kier molecular flexibility index (Phi) is 4.27. The zero-order chi connectivity index (χ0) is 15.6. The Morgan fingerprint density at radius 3 is 2.00 bits per heavy atom. The van der Waals surface area contributed by atoms with Crippen LogP contribution in [0.4, 0.5) is 4.79 Å². The Balaban J connectivity index is 3.55. The van der Waals surface area contributed by atoms with Crippen molar-refractivity contribution >= 4 is 12.1 Å². The molecule has 1 rings (SSSR count). The number of carboxylic acid groups (broad SMARTS) is 1. The fraction of sp³-hybridized carbons (Fsp3) is 0.429. The van der Waals surface area contributed by atoms with Gasteiger partial charge < -0.3 is 20.3 Å². The van der Waals surface area contributed by atoms with Crippen LogP contribution in [0, 0.1) is 5.41 Å². The number of hydrogen-bond donors (Lipinski definition) is 3. The van der Waals surface area contributed by atoms with Gasteiger partial charge >= 0.3 is 12.1 Å². The lowest BCUT2D eigenvalue weighted by atomic mass is 9.69. The van der Waals surface area contributed by atoms with Gasteiger partial charge in [0.15, 0.2) is 5.54 Å². The van der Waals surface area contributed by atoms with Crippen molar-refractivity contribution < 1.29 is 24.5 Å². The molecule has 110 valence electrons. The highest BCUT2D eigenvalue weighted by Gasteiger charge is 2.52. The summed E-state index contributed by atoms with van der Waals surface area (Å²) in [5, 5.41) is 20.7. The lowest BCUT2D eigenvalue weighted by Gasteiger charge is -2.42. The predicted molar refractivity (Wildman–Crippen MR) is 72.4 cm³/mol. The van der Waals surface area contributed by atoms with Crippen LogP contribution in [0.2, 0.25) is 0 Å². The first-order valence-electron chi connectivity index (χ1n) is 6.04. The summed E-state index contributed by atoms with van der Waals surface area (Å²) in [5.41, 5.74) is -1.95. The van der Waals surface area contributed by atoms with Crippen LogP contribution in [0.5, 0.6) is 5.75 Å². The van der Waals surface area contributed by atoms with Gasteiger partial charge in [-0.15, -0.1) is 0 Å². The van der Waals surface area contributed by atoms with Gasteiger partial charge in [-0.05, 0) is 17.7 Å². The van der Waals surface area contributed by atoms with Crippen molar-refractivity contribution in [3.8, 4) is 5.75 Å². The quantitative estimate of drug-likeness (QED) is 0.737. The van der Waals surface area contributed by atoms with Crippen molar-refractivity contribution in [1.82, 2.24) is 5.32 Å². The van der Waals surface area contributed by atoms with E-state index < -0.39 is 23.0 Å². The Morgan fingerprint density at radius 2 is 1.65 bits per heavy atom. The fourth-order valence-electron chi connectivity index (χ4n) is 2.19. The largest absolute Gasteiger partial charge is 0.508 e. The molecule has 20 heavy (non-hydrogen) atoms. The summed E-state index contributed by atoms with van der Waals surface area (Å²) in [4.78, 5) is 23.4. The molecule has 0 spiro atoms. The van der Waals surface area contributed by atoms with Gasteiger partial charge in [0.2, 0.25) is 0 Å². The number of aromatic hydroxyl groups is 1. The standard InChI is InChI=1S/C14H19NO5/c1-13(2,3)14(11(17)20-4,15-12(18)19)9-5-7-10(16)8-6-9/h5-8,15-16H,1-4H3,(H,18,19). The zero-order valence-corrected chi connectivity index (χ0v) is 11.9. The number of rotatable bonds is 3. The smallest absolute Gasteiger partial charge is 0.405 e. The molecule has 0 aliphatic heterocycles. The summed E-state index contributed by atoms with van der Waals surface area (Å²) in [6.45, 7) is 5.19. The molecule has 0 saturated heterocycles. The van der Waals surface area contributed by atoms with E-state index in [2.05, 4.69) is 5.32 Å². The summed E-state index contributed by atoms with van der Waals surface area (Å²) in [7, 11) is 1.20. The van der Waals surface area contributed by atoms with Gasteiger partial charge in [0.25, 0.3) is 0 Å². The maximum Gasteiger partial charge on any atom is 0.405 e. The molecule has 1 aromatic rings. The van der Waals surface area contributed by atoms with Crippen LogP contribution < -0.4 is 5.32 Å². The number of nitrogens with one attached hydrogen (secondary N) is 1. The van der Waals surface area contributed by atoms with Crippen LogP contribution in [0.3, 0.4) is 0 Å². The van der Waals surface area contributed by atoms with Crippen LogP contribution >= 0.6 is 0 Å². The van der Waals surface area contributed by atoms with E-state index in [1.165, 1.54) is 31.4 Å². The van der Waals surface area contributed by atoms with Gasteiger partial charge in [0.05, 0.1) is 7.11 Å². The molecular formula is C14H19NO5. The highest BCUT2D eigenvalue weighted by atomic mass is 16.5. The Hall–Kier alpha value is -2.24. The number of methoxy groups -OCH3 is 1. The summed E-state index contributed by atoms with van der Waals surface area (Å²) in [6.07, 6.45) is -1.33. The minimum Gasteiger partial charge on any atom is -0.508 e. The molecule has 0 fully saturated rings. The van der Waals surface area contributed by atoms with Gasteiger partial charge in [-0.1, -0.05) is 32.9 Å². The van der Waals surface area contributed by atoms with Crippen LogP contribution in [0.15, 0.2) is 24.3 Å². The number of phenolic OH excluding ortho intramolecular Hbond substituents is 1. The van der Waals surface area contributed by atoms with E-state index in [-0.39, 0.29) is 5.75 Å². The SMILES string of the molecule is COC(=O)C(NC(=O)O)(c1ccc(O)cc1)C(C)(C)C. The maximum atomic E-state index is 12.3. The number of ether oxygens (including phenoxy) is 1. The van der Waals surface area contributed by atoms with Gasteiger partial charge in [-0.25, -0.2) is 9.59 Å². The first-order valence-corrected chi connectivity index (χ1v) is 6.04. The highest BCUT2D eigenvalue weighted by molar-refractivity contribution is 5.87. The normalized spacial score (nSPS) is 14.2. The molecule has 1 amide bonds. The van der Waals surface area contributed by atoms with E-state index in [0.717, 1.165) is 0 Å². The molecular weight excluding hydrogens is 262 g/mol. The Bertz CT molecular complexity index is 503. The molecule has 0 bridgehead atoms.